The summed E-state index contributed by atoms with van der Waals surface area (Å²) in [5.74, 6) is 0.884. The molecule has 2 aromatic heterocycles. The number of piperidine rings is 1. The van der Waals surface area contributed by atoms with E-state index < -0.39 is 0 Å². The van der Waals surface area contributed by atoms with Crippen molar-refractivity contribution in [2.75, 3.05) is 26.2 Å². The molecule has 2 saturated heterocycles. The molecule has 0 bridgehead atoms. The van der Waals surface area contributed by atoms with E-state index >= 15 is 0 Å². The first-order valence-electron chi connectivity index (χ1n) is 9.22. The summed E-state index contributed by atoms with van der Waals surface area (Å²) in [5, 5.41) is 7.69. The highest BCUT2D eigenvalue weighted by Crippen LogP contribution is 2.37. The molecule has 4 heterocycles. The predicted octanol–water partition coefficient (Wildman–Crippen LogP) is 1.70. The summed E-state index contributed by atoms with van der Waals surface area (Å²) < 4.78 is 1.75. The van der Waals surface area contributed by atoms with Gasteiger partial charge in [0.05, 0.1) is 0 Å². The van der Waals surface area contributed by atoms with Gasteiger partial charge in [0.2, 0.25) is 5.91 Å². The third-order valence-corrected chi connectivity index (χ3v) is 6.09. The third kappa shape index (κ3) is 3.42. The molecule has 4 rings (SSSR count). The normalized spacial score (nSPS) is 19.1. The Balaban J connectivity index is 0.00000196. The number of likely N-dealkylation sites (tertiary alicyclic amines) is 1. The van der Waals surface area contributed by atoms with Crippen LogP contribution < -0.4 is 5.32 Å². The second-order valence-electron chi connectivity index (χ2n) is 7.54. The van der Waals surface area contributed by atoms with Crippen LogP contribution >= 0.6 is 12.4 Å². The van der Waals surface area contributed by atoms with Gasteiger partial charge >= 0.3 is 0 Å². The summed E-state index contributed by atoms with van der Waals surface area (Å²) in [6.45, 7) is 8.06. The van der Waals surface area contributed by atoms with Gasteiger partial charge < -0.3 is 10.2 Å². The smallest absolute Gasteiger partial charge is 0.252 e. The van der Waals surface area contributed by atoms with Crippen molar-refractivity contribution in [1.82, 2.24) is 29.8 Å². The third-order valence-electron chi connectivity index (χ3n) is 6.09. The predicted molar refractivity (Wildman–Crippen MR) is 102 cm³/mol. The van der Waals surface area contributed by atoms with Gasteiger partial charge in [-0.2, -0.15) is 10.1 Å². The highest BCUT2D eigenvalue weighted by molar-refractivity contribution is 5.85. The summed E-state index contributed by atoms with van der Waals surface area (Å²) >= 11 is 0. The van der Waals surface area contributed by atoms with E-state index in [0.29, 0.717) is 24.0 Å². The van der Waals surface area contributed by atoms with Crippen LogP contribution in [0.4, 0.5) is 0 Å². The van der Waals surface area contributed by atoms with Crippen LogP contribution in [0.15, 0.2) is 6.33 Å². The molecule has 0 radical (unpaired) electrons. The van der Waals surface area contributed by atoms with Crippen LogP contribution in [0.3, 0.4) is 0 Å². The molecule has 0 aliphatic carbocycles. The summed E-state index contributed by atoms with van der Waals surface area (Å²) in [4.78, 5) is 23.4. The van der Waals surface area contributed by atoms with Gasteiger partial charge in [-0.15, -0.1) is 12.4 Å². The second-order valence-corrected chi connectivity index (χ2v) is 7.54. The van der Waals surface area contributed by atoms with E-state index in [1.165, 1.54) is 12.7 Å². The number of aromatic nitrogens is 4. The van der Waals surface area contributed by atoms with E-state index in [4.69, 9.17) is 0 Å². The average Bonchev–Trinajstić information content (AvgIpc) is 3.25. The van der Waals surface area contributed by atoms with Gasteiger partial charge in [-0.05, 0) is 57.1 Å². The Labute approximate surface area is 160 Å². The largest absolute Gasteiger partial charge is 0.343 e. The maximum atomic E-state index is 12.7. The Hall–Kier alpha value is -1.73. The molecular weight excluding hydrogens is 352 g/mol. The fraction of sp³-hybridized carbons (Fsp3) is 0.667. The quantitative estimate of drug-likeness (QED) is 0.879. The number of aryl methyl sites for hydroxylation is 2. The molecule has 0 aromatic carbocycles. The molecule has 0 atom stereocenters. The van der Waals surface area contributed by atoms with E-state index in [-0.39, 0.29) is 18.3 Å². The van der Waals surface area contributed by atoms with Crippen molar-refractivity contribution < 1.29 is 4.79 Å². The SMILES string of the molecule is Cc1nc2ncnn2c(C)c1CCC(=O)N1CCC2(CCNC2)CC1.Cl. The van der Waals surface area contributed by atoms with Crippen molar-refractivity contribution in [3.8, 4) is 0 Å². The second kappa shape index (κ2) is 7.48. The van der Waals surface area contributed by atoms with Crippen LogP contribution in [0.2, 0.25) is 0 Å². The first kappa shape index (κ1) is 19.0. The van der Waals surface area contributed by atoms with E-state index in [2.05, 4.69) is 25.3 Å². The first-order chi connectivity index (χ1) is 12.1. The van der Waals surface area contributed by atoms with Crippen LogP contribution in [-0.4, -0.2) is 56.6 Å². The molecular formula is C18H27ClN6O. The van der Waals surface area contributed by atoms with E-state index in [1.54, 1.807) is 4.52 Å². The van der Waals surface area contributed by atoms with E-state index in [1.807, 2.05) is 13.8 Å². The molecule has 1 spiro atoms. The molecule has 2 aromatic rings. The maximum Gasteiger partial charge on any atom is 0.252 e. The van der Waals surface area contributed by atoms with Crippen molar-refractivity contribution in [3.05, 3.63) is 23.3 Å². The lowest BCUT2D eigenvalue weighted by Gasteiger charge is -2.39. The summed E-state index contributed by atoms with van der Waals surface area (Å²) in [6.07, 6.45) is 6.30. The summed E-state index contributed by atoms with van der Waals surface area (Å²) in [6, 6.07) is 0. The molecule has 0 unspecified atom stereocenters. The number of nitrogens with zero attached hydrogens (tertiary/aromatic N) is 5. The number of hydrogen-bond acceptors (Lipinski definition) is 5. The van der Waals surface area contributed by atoms with Crippen molar-refractivity contribution in [1.29, 1.82) is 0 Å². The molecule has 7 nitrogen and oxygen atoms in total. The topological polar surface area (TPSA) is 75.4 Å². The molecule has 0 saturated carbocycles. The first-order valence-corrected chi connectivity index (χ1v) is 9.22. The van der Waals surface area contributed by atoms with Crippen LogP contribution in [-0.2, 0) is 11.2 Å². The molecule has 2 fully saturated rings. The van der Waals surface area contributed by atoms with Crippen LogP contribution in [0.25, 0.3) is 5.78 Å². The number of carbonyl (C=O) groups is 1. The Morgan fingerprint density at radius 3 is 2.73 bits per heavy atom. The number of carbonyl (C=O) groups excluding carboxylic acids is 1. The van der Waals surface area contributed by atoms with Gasteiger partial charge in [0.1, 0.15) is 6.33 Å². The van der Waals surface area contributed by atoms with Crippen molar-refractivity contribution in [2.45, 2.75) is 46.0 Å². The number of nitrogens with one attached hydrogen (secondary N) is 1. The molecule has 2 aliphatic heterocycles. The standard InChI is InChI=1S/C18H26N6O.ClH/c1-13-15(14(2)24-17(22-13)20-12-21-24)3-4-16(25)23-9-6-18(7-10-23)5-8-19-11-18;/h12,19H,3-11H2,1-2H3;1H. The molecule has 26 heavy (non-hydrogen) atoms. The minimum absolute atomic E-state index is 0. The molecule has 1 N–H and O–H groups in total. The van der Waals surface area contributed by atoms with Gasteiger partial charge in [-0.25, -0.2) is 9.50 Å². The Morgan fingerprint density at radius 1 is 1.27 bits per heavy atom. The minimum atomic E-state index is 0. The van der Waals surface area contributed by atoms with Crippen molar-refractivity contribution in [2.24, 2.45) is 5.41 Å². The number of hydrogen-bond donors (Lipinski definition) is 1. The zero-order chi connectivity index (χ0) is 17.4. The fourth-order valence-electron chi connectivity index (χ4n) is 4.36. The lowest BCUT2D eigenvalue weighted by atomic mass is 9.78. The highest BCUT2D eigenvalue weighted by Gasteiger charge is 2.37. The highest BCUT2D eigenvalue weighted by atomic mass is 35.5. The van der Waals surface area contributed by atoms with Crippen LogP contribution in [0, 0.1) is 19.3 Å². The average molecular weight is 379 g/mol. The van der Waals surface area contributed by atoms with Crippen LogP contribution in [0.5, 0.6) is 0 Å². The van der Waals surface area contributed by atoms with Gasteiger partial charge in [-0.1, -0.05) is 0 Å². The number of halogens is 1. The van der Waals surface area contributed by atoms with Gasteiger partial charge in [0, 0.05) is 37.4 Å². The monoisotopic (exact) mass is 378 g/mol. The van der Waals surface area contributed by atoms with E-state index in [9.17, 15) is 4.79 Å². The maximum absolute atomic E-state index is 12.7. The van der Waals surface area contributed by atoms with Gasteiger partial charge in [0.15, 0.2) is 0 Å². The lowest BCUT2D eigenvalue weighted by Crippen LogP contribution is -2.44. The lowest BCUT2D eigenvalue weighted by molar-refractivity contribution is -0.133. The number of fused-ring (bicyclic) bond motifs is 1. The van der Waals surface area contributed by atoms with Crippen LogP contribution in [0.1, 0.15) is 42.6 Å². The minimum Gasteiger partial charge on any atom is -0.343 e. The Bertz CT molecular complexity index is 788. The molecule has 2 aliphatic rings. The number of amides is 1. The van der Waals surface area contributed by atoms with Gasteiger partial charge in [-0.3, -0.25) is 4.79 Å². The van der Waals surface area contributed by atoms with Crippen molar-refractivity contribution >= 4 is 24.1 Å². The van der Waals surface area contributed by atoms with Crippen molar-refractivity contribution in [3.63, 3.8) is 0 Å². The summed E-state index contributed by atoms with van der Waals surface area (Å²) in [5.41, 5.74) is 3.54. The van der Waals surface area contributed by atoms with Gasteiger partial charge in [0.25, 0.3) is 5.78 Å². The Morgan fingerprint density at radius 2 is 2.04 bits per heavy atom. The zero-order valence-electron chi connectivity index (χ0n) is 15.5. The van der Waals surface area contributed by atoms with E-state index in [0.717, 1.165) is 56.0 Å². The number of rotatable bonds is 3. The molecule has 142 valence electrons. The molecule has 1 amide bonds. The zero-order valence-corrected chi connectivity index (χ0v) is 16.3. The summed E-state index contributed by atoms with van der Waals surface area (Å²) in [7, 11) is 0. The fourth-order valence-corrected chi connectivity index (χ4v) is 4.36. The Kier molecular flexibility index (Phi) is 5.48. The molecule has 8 heteroatoms.